The predicted octanol–water partition coefficient (Wildman–Crippen LogP) is 2.34. The molecule has 1 saturated heterocycles. The number of nitrogens with two attached hydrogens (primary N) is 1. The quantitative estimate of drug-likeness (QED) is 0.910. The standard InChI is InChI=1S/C15H21FN2O/c1-11-3-2-4-13(14(11)16)15(19)18-9-6-12(5-8-17)7-10-18/h2-4,12H,5-10,17H2,1H3. The summed E-state index contributed by atoms with van der Waals surface area (Å²) in [6.45, 7) is 3.79. The molecule has 2 rings (SSSR count). The fourth-order valence-corrected chi connectivity index (χ4v) is 2.64. The number of piperidine rings is 1. The number of aryl methyl sites for hydroxylation is 1. The maximum Gasteiger partial charge on any atom is 0.256 e. The minimum absolute atomic E-state index is 0.188. The van der Waals surface area contributed by atoms with Gasteiger partial charge in [-0.2, -0.15) is 0 Å². The van der Waals surface area contributed by atoms with Gasteiger partial charge in [0, 0.05) is 13.1 Å². The lowest BCUT2D eigenvalue weighted by Crippen LogP contribution is -2.39. The van der Waals surface area contributed by atoms with Crippen LogP contribution in [-0.2, 0) is 0 Å². The Morgan fingerprint density at radius 2 is 2.11 bits per heavy atom. The highest BCUT2D eigenvalue weighted by Crippen LogP contribution is 2.22. The first-order valence-electron chi connectivity index (χ1n) is 6.88. The number of carbonyl (C=O) groups is 1. The van der Waals surface area contributed by atoms with Crippen molar-refractivity contribution in [3.8, 4) is 0 Å². The molecule has 19 heavy (non-hydrogen) atoms. The molecule has 0 bridgehead atoms. The van der Waals surface area contributed by atoms with Crippen molar-refractivity contribution in [1.82, 2.24) is 4.90 Å². The summed E-state index contributed by atoms with van der Waals surface area (Å²) in [6.07, 6.45) is 2.95. The molecule has 4 heteroatoms. The Bertz CT molecular complexity index is 453. The molecule has 1 aliphatic rings. The van der Waals surface area contributed by atoms with E-state index in [-0.39, 0.29) is 11.5 Å². The van der Waals surface area contributed by atoms with Crippen LogP contribution in [0.4, 0.5) is 4.39 Å². The lowest BCUT2D eigenvalue weighted by molar-refractivity contribution is 0.0683. The van der Waals surface area contributed by atoms with Gasteiger partial charge in [0.25, 0.3) is 5.91 Å². The number of hydrogen-bond donors (Lipinski definition) is 1. The van der Waals surface area contributed by atoms with E-state index < -0.39 is 5.82 Å². The number of carbonyl (C=O) groups excluding carboxylic acids is 1. The highest BCUT2D eigenvalue weighted by atomic mass is 19.1. The van der Waals surface area contributed by atoms with Crippen molar-refractivity contribution in [3.63, 3.8) is 0 Å². The van der Waals surface area contributed by atoms with Crippen LogP contribution in [0.5, 0.6) is 0 Å². The van der Waals surface area contributed by atoms with E-state index in [1.165, 1.54) is 0 Å². The molecule has 0 unspecified atom stereocenters. The van der Waals surface area contributed by atoms with Gasteiger partial charge in [-0.15, -0.1) is 0 Å². The molecule has 0 saturated carbocycles. The fraction of sp³-hybridized carbons (Fsp3) is 0.533. The average Bonchev–Trinajstić information content (AvgIpc) is 2.42. The molecule has 1 heterocycles. The second-order valence-corrected chi connectivity index (χ2v) is 5.25. The lowest BCUT2D eigenvalue weighted by Gasteiger charge is -2.32. The Kier molecular flexibility index (Phi) is 4.53. The average molecular weight is 264 g/mol. The second-order valence-electron chi connectivity index (χ2n) is 5.25. The van der Waals surface area contributed by atoms with Crippen LogP contribution >= 0.6 is 0 Å². The number of halogens is 1. The Morgan fingerprint density at radius 1 is 1.42 bits per heavy atom. The van der Waals surface area contributed by atoms with Crippen LogP contribution in [0.25, 0.3) is 0 Å². The van der Waals surface area contributed by atoms with Gasteiger partial charge in [-0.25, -0.2) is 4.39 Å². The zero-order valence-electron chi connectivity index (χ0n) is 11.4. The summed E-state index contributed by atoms with van der Waals surface area (Å²) >= 11 is 0. The molecular weight excluding hydrogens is 243 g/mol. The summed E-state index contributed by atoms with van der Waals surface area (Å²) in [5, 5.41) is 0. The van der Waals surface area contributed by atoms with E-state index in [0.29, 0.717) is 31.1 Å². The molecular formula is C15H21FN2O. The summed E-state index contributed by atoms with van der Waals surface area (Å²) in [7, 11) is 0. The van der Waals surface area contributed by atoms with Gasteiger partial charge in [0.15, 0.2) is 0 Å². The van der Waals surface area contributed by atoms with Crippen LogP contribution in [0.3, 0.4) is 0 Å². The maximum absolute atomic E-state index is 13.9. The van der Waals surface area contributed by atoms with Gasteiger partial charge in [0.2, 0.25) is 0 Å². The predicted molar refractivity (Wildman–Crippen MR) is 73.4 cm³/mol. The van der Waals surface area contributed by atoms with Crippen LogP contribution in [0.2, 0.25) is 0 Å². The first-order valence-corrected chi connectivity index (χ1v) is 6.88. The van der Waals surface area contributed by atoms with Crippen molar-refractivity contribution in [3.05, 3.63) is 35.1 Å². The Hall–Kier alpha value is -1.42. The molecule has 2 N–H and O–H groups in total. The van der Waals surface area contributed by atoms with Gasteiger partial charge in [-0.1, -0.05) is 12.1 Å². The van der Waals surface area contributed by atoms with Crippen LogP contribution in [0, 0.1) is 18.7 Å². The number of hydrogen-bond acceptors (Lipinski definition) is 2. The van der Waals surface area contributed by atoms with Crippen molar-refractivity contribution in [2.24, 2.45) is 11.7 Å². The molecule has 1 aliphatic heterocycles. The summed E-state index contributed by atoms with van der Waals surface area (Å²) in [5.41, 5.74) is 6.26. The topological polar surface area (TPSA) is 46.3 Å². The van der Waals surface area contributed by atoms with Gasteiger partial charge in [-0.3, -0.25) is 4.79 Å². The first kappa shape index (κ1) is 14.0. The Labute approximate surface area is 113 Å². The maximum atomic E-state index is 13.9. The van der Waals surface area contributed by atoms with Gasteiger partial charge < -0.3 is 10.6 Å². The largest absolute Gasteiger partial charge is 0.339 e. The van der Waals surface area contributed by atoms with Crippen molar-refractivity contribution < 1.29 is 9.18 Å². The van der Waals surface area contributed by atoms with Gasteiger partial charge >= 0.3 is 0 Å². The van der Waals surface area contributed by atoms with E-state index in [2.05, 4.69) is 0 Å². The minimum atomic E-state index is -0.392. The smallest absolute Gasteiger partial charge is 0.256 e. The number of amides is 1. The molecule has 0 aromatic heterocycles. The molecule has 0 spiro atoms. The molecule has 0 radical (unpaired) electrons. The van der Waals surface area contributed by atoms with Crippen LogP contribution in [0.1, 0.15) is 35.2 Å². The van der Waals surface area contributed by atoms with Gasteiger partial charge in [0.1, 0.15) is 5.82 Å². The van der Waals surface area contributed by atoms with Crippen molar-refractivity contribution in [2.45, 2.75) is 26.2 Å². The number of nitrogens with zero attached hydrogens (tertiary/aromatic N) is 1. The summed E-state index contributed by atoms with van der Waals surface area (Å²) in [4.78, 5) is 14.1. The normalized spacial score (nSPS) is 16.7. The Morgan fingerprint density at radius 3 is 2.74 bits per heavy atom. The van der Waals surface area contributed by atoms with Crippen LogP contribution in [0.15, 0.2) is 18.2 Å². The highest BCUT2D eigenvalue weighted by Gasteiger charge is 2.25. The summed E-state index contributed by atoms with van der Waals surface area (Å²) in [5.74, 6) is 0.0281. The number of rotatable bonds is 3. The monoisotopic (exact) mass is 264 g/mol. The number of likely N-dealkylation sites (tertiary alicyclic amines) is 1. The van der Waals surface area contributed by atoms with E-state index in [0.717, 1.165) is 19.3 Å². The molecule has 1 aromatic rings. The van der Waals surface area contributed by atoms with E-state index >= 15 is 0 Å². The van der Waals surface area contributed by atoms with E-state index in [4.69, 9.17) is 5.73 Å². The molecule has 3 nitrogen and oxygen atoms in total. The van der Waals surface area contributed by atoms with Crippen molar-refractivity contribution >= 4 is 5.91 Å². The third kappa shape index (κ3) is 3.13. The third-order valence-corrected chi connectivity index (χ3v) is 3.90. The zero-order chi connectivity index (χ0) is 13.8. The van der Waals surface area contributed by atoms with Gasteiger partial charge in [-0.05, 0) is 50.3 Å². The van der Waals surface area contributed by atoms with Crippen molar-refractivity contribution in [1.29, 1.82) is 0 Å². The fourth-order valence-electron chi connectivity index (χ4n) is 2.64. The molecule has 0 aliphatic carbocycles. The second kappa shape index (κ2) is 6.15. The molecule has 104 valence electrons. The van der Waals surface area contributed by atoms with Crippen molar-refractivity contribution in [2.75, 3.05) is 19.6 Å². The zero-order valence-corrected chi connectivity index (χ0v) is 11.4. The molecule has 1 fully saturated rings. The molecule has 1 amide bonds. The third-order valence-electron chi connectivity index (χ3n) is 3.90. The lowest BCUT2D eigenvalue weighted by atomic mass is 9.93. The van der Waals surface area contributed by atoms with E-state index in [1.807, 2.05) is 0 Å². The Balaban J connectivity index is 2.03. The minimum Gasteiger partial charge on any atom is -0.339 e. The van der Waals surface area contributed by atoms with E-state index in [9.17, 15) is 9.18 Å². The van der Waals surface area contributed by atoms with Gasteiger partial charge in [0.05, 0.1) is 5.56 Å². The molecule has 0 atom stereocenters. The summed E-state index contributed by atoms with van der Waals surface area (Å²) in [6, 6.07) is 4.98. The summed E-state index contributed by atoms with van der Waals surface area (Å²) < 4.78 is 13.9. The SMILES string of the molecule is Cc1cccc(C(=O)N2CCC(CCN)CC2)c1F. The number of benzene rings is 1. The highest BCUT2D eigenvalue weighted by molar-refractivity contribution is 5.94. The van der Waals surface area contributed by atoms with E-state index in [1.54, 1.807) is 30.0 Å². The van der Waals surface area contributed by atoms with Crippen LogP contribution in [-0.4, -0.2) is 30.4 Å². The molecule has 1 aromatic carbocycles. The van der Waals surface area contributed by atoms with Crippen LogP contribution < -0.4 is 5.73 Å². The first-order chi connectivity index (χ1) is 9.13.